The van der Waals surface area contributed by atoms with Gasteiger partial charge in [0.05, 0.1) is 18.7 Å². The molecule has 1 aromatic carbocycles. The highest BCUT2D eigenvalue weighted by Gasteiger charge is 2.24. The summed E-state index contributed by atoms with van der Waals surface area (Å²) in [4.78, 5) is 12.2. The van der Waals surface area contributed by atoms with Crippen LogP contribution in [0.3, 0.4) is 0 Å². The number of Topliss-reactive ketones (excluding diaryl/α,β-unsaturated/α-hetero) is 1. The van der Waals surface area contributed by atoms with E-state index in [0.717, 1.165) is 0 Å². The van der Waals surface area contributed by atoms with Crippen LogP contribution in [0.4, 0.5) is 4.39 Å². The SMILES string of the molecule is CNC(C(=O)c1cc(F)ccc1OC)C(C)C. The fourth-order valence-corrected chi connectivity index (χ4v) is 1.81. The molecule has 0 aliphatic heterocycles. The van der Waals surface area contributed by atoms with Crippen molar-refractivity contribution in [1.29, 1.82) is 0 Å². The lowest BCUT2D eigenvalue weighted by molar-refractivity contribution is 0.0919. The lowest BCUT2D eigenvalue weighted by atomic mass is 9.94. The van der Waals surface area contributed by atoms with Gasteiger partial charge in [-0.15, -0.1) is 0 Å². The number of halogens is 1. The van der Waals surface area contributed by atoms with Crippen LogP contribution in [0.1, 0.15) is 24.2 Å². The predicted octanol–water partition coefficient (Wildman–Crippen LogP) is 2.26. The number of rotatable bonds is 5. The summed E-state index contributed by atoms with van der Waals surface area (Å²) < 4.78 is 18.3. The van der Waals surface area contributed by atoms with Crippen LogP contribution in [0.5, 0.6) is 5.75 Å². The first-order chi connectivity index (χ1) is 8.01. The summed E-state index contributed by atoms with van der Waals surface area (Å²) in [5.41, 5.74) is 0.278. The Morgan fingerprint density at radius 2 is 2.06 bits per heavy atom. The molecule has 17 heavy (non-hydrogen) atoms. The van der Waals surface area contributed by atoms with E-state index in [4.69, 9.17) is 4.74 Å². The summed E-state index contributed by atoms with van der Waals surface area (Å²) in [6, 6.07) is 3.62. The Bertz CT molecular complexity index is 404. The van der Waals surface area contributed by atoms with Gasteiger partial charge in [0.25, 0.3) is 0 Å². The first-order valence-corrected chi connectivity index (χ1v) is 5.56. The van der Waals surface area contributed by atoms with Crippen LogP contribution in [0.15, 0.2) is 18.2 Å². The Hall–Kier alpha value is -1.42. The lowest BCUT2D eigenvalue weighted by Gasteiger charge is -2.19. The Morgan fingerprint density at radius 3 is 2.53 bits per heavy atom. The van der Waals surface area contributed by atoms with E-state index in [-0.39, 0.29) is 23.3 Å². The van der Waals surface area contributed by atoms with Gasteiger partial charge in [-0.25, -0.2) is 4.39 Å². The number of ketones is 1. The number of ether oxygens (including phenoxy) is 1. The highest BCUT2D eigenvalue weighted by atomic mass is 19.1. The molecule has 0 aliphatic carbocycles. The summed E-state index contributed by atoms with van der Waals surface area (Å²) >= 11 is 0. The van der Waals surface area contributed by atoms with Gasteiger partial charge in [-0.05, 0) is 31.2 Å². The molecule has 0 aliphatic rings. The molecular weight excluding hydrogens is 221 g/mol. The molecule has 4 heteroatoms. The number of benzene rings is 1. The second-order valence-corrected chi connectivity index (χ2v) is 4.22. The largest absolute Gasteiger partial charge is 0.496 e. The highest BCUT2D eigenvalue weighted by Crippen LogP contribution is 2.22. The zero-order valence-electron chi connectivity index (χ0n) is 10.6. The van der Waals surface area contributed by atoms with E-state index in [1.807, 2.05) is 13.8 Å². The lowest BCUT2D eigenvalue weighted by Crippen LogP contribution is -2.38. The Balaban J connectivity index is 3.13. The maximum Gasteiger partial charge on any atom is 0.183 e. The van der Waals surface area contributed by atoms with Crippen molar-refractivity contribution in [2.45, 2.75) is 19.9 Å². The van der Waals surface area contributed by atoms with Gasteiger partial charge >= 0.3 is 0 Å². The van der Waals surface area contributed by atoms with E-state index in [9.17, 15) is 9.18 Å². The molecule has 1 unspecified atom stereocenters. The Morgan fingerprint density at radius 1 is 1.41 bits per heavy atom. The molecule has 0 fully saturated rings. The quantitative estimate of drug-likeness (QED) is 0.801. The normalized spacial score (nSPS) is 12.6. The van der Waals surface area contributed by atoms with Crippen LogP contribution in [-0.4, -0.2) is 26.0 Å². The minimum Gasteiger partial charge on any atom is -0.496 e. The van der Waals surface area contributed by atoms with Crippen LogP contribution in [-0.2, 0) is 0 Å². The summed E-state index contributed by atoms with van der Waals surface area (Å²) in [7, 11) is 3.18. The van der Waals surface area contributed by atoms with Crippen molar-refractivity contribution in [3.8, 4) is 5.75 Å². The molecule has 1 rings (SSSR count). The van der Waals surface area contributed by atoms with E-state index in [1.165, 1.54) is 25.3 Å². The minimum absolute atomic E-state index is 0.125. The van der Waals surface area contributed by atoms with Gasteiger partial charge in [0, 0.05) is 0 Å². The van der Waals surface area contributed by atoms with Crippen molar-refractivity contribution < 1.29 is 13.9 Å². The molecule has 1 atom stereocenters. The van der Waals surface area contributed by atoms with Crippen LogP contribution in [0.25, 0.3) is 0 Å². The third-order valence-corrected chi connectivity index (χ3v) is 2.69. The maximum atomic E-state index is 13.2. The molecule has 0 saturated carbocycles. The van der Waals surface area contributed by atoms with Crippen molar-refractivity contribution >= 4 is 5.78 Å². The van der Waals surface area contributed by atoms with E-state index in [0.29, 0.717) is 5.75 Å². The van der Waals surface area contributed by atoms with Gasteiger partial charge in [-0.1, -0.05) is 13.8 Å². The van der Waals surface area contributed by atoms with Gasteiger partial charge in [-0.2, -0.15) is 0 Å². The molecule has 0 heterocycles. The van der Waals surface area contributed by atoms with Gasteiger partial charge < -0.3 is 10.1 Å². The number of carbonyl (C=O) groups is 1. The zero-order valence-corrected chi connectivity index (χ0v) is 10.6. The fourth-order valence-electron chi connectivity index (χ4n) is 1.81. The number of methoxy groups -OCH3 is 1. The third-order valence-electron chi connectivity index (χ3n) is 2.69. The van der Waals surface area contributed by atoms with Crippen molar-refractivity contribution in [3.63, 3.8) is 0 Å². The predicted molar refractivity (Wildman–Crippen MR) is 65.0 cm³/mol. The number of likely N-dealkylation sites (N-methyl/N-ethyl adjacent to an activating group) is 1. The van der Waals surface area contributed by atoms with E-state index in [1.54, 1.807) is 7.05 Å². The smallest absolute Gasteiger partial charge is 0.183 e. The van der Waals surface area contributed by atoms with Gasteiger partial charge in [0.1, 0.15) is 11.6 Å². The molecule has 0 amide bonds. The second-order valence-electron chi connectivity index (χ2n) is 4.22. The van der Waals surface area contributed by atoms with Crippen LogP contribution >= 0.6 is 0 Å². The Kier molecular flexibility index (Phi) is 4.63. The van der Waals surface area contributed by atoms with E-state index in [2.05, 4.69) is 5.32 Å². The number of hydrogen-bond acceptors (Lipinski definition) is 3. The Labute approximate surface area is 101 Å². The summed E-state index contributed by atoms with van der Waals surface area (Å²) in [5, 5.41) is 2.94. The molecule has 0 spiro atoms. The van der Waals surface area contributed by atoms with Gasteiger partial charge in [0.2, 0.25) is 0 Å². The first kappa shape index (κ1) is 13.6. The number of carbonyl (C=O) groups excluding carboxylic acids is 1. The maximum absolute atomic E-state index is 13.2. The van der Waals surface area contributed by atoms with Crippen molar-refractivity contribution in [2.24, 2.45) is 5.92 Å². The van der Waals surface area contributed by atoms with Crippen LogP contribution in [0.2, 0.25) is 0 Å². The molecule has 0 saturated heterocycles. The van der Waals surface area contributed by atoms with Crippen molar-refractivity contribution in [2.75, 3.05) is 14.2 Å². The molecule has 94 valence electrons. The van der Waals surface area contributed by atoms with E-state index >= 15 is 0 Å². The standard InChI is InChI=1S/C13H18FNO2/c1-8(2)12(15-3)13(16)10-7-9(14)5-6-11(10)17-4/h5-8,12,15H,1-4H3. The molecule has 1 aromatic rings. The highest BCUT2D eigenvalue weighted by molar-refractivity contribution is 6.02. The minimum atomic E-state index is -0.437. The number of hydrogen-bond donors (Lipinski definition) is 1. The topological polar surface area (TPSA) is 38.3 Å². The second kappa shape index (κ2) is 5.77. The summed E-state index contributed by atoms with van der Waals surface area (Å²) in [6.45, 7) is 3.87. The average Bonchev–Trinajstić information content (AvgIpc) is 2.29. The zero-order chi connectivity index (χ0) is 13.0. The van der Waals surface area contributed by atoms with Crippen molar-refractivity contribution in [3.05, 3.63) is 29.6 Å². The van der Waals surface area contributed by atoms with Crippen molar-refractivity contribution in [1.82, 2.24) is 5.32 Å². The summed E-state index contributed by atoms with van der Waals surface area (Å²) in [5.74, 6) is -0.0654. The number of nitrogens with one attached hydrogen (secondary N) is 1. The van der Waals surface area contributed by atoms with Gasteiger partial charge in [0.15, 0.2) is 5.78 Å². The molecular formula is C13H18FNO2. The molecule has 3 nitrogen and oxygen atoms in total. The third kappa shape index (κ3) is 3.03. The summed E-state index contributed by atoms with van der Waals surface area (Å²) in [6.07, 6.45) is 0. The molecule has 0 aromatic heterocycles. The molecule has 0 radical (unpaired) electrons. The average molecular weight is 239 g/mol. The van der Waals surface area contributed by atoms with Gasteiger partial charge in [-0.3, -0.25) is 4.79 Å². The van der Waals surface area contributed by atoms with Crippen LogP contribution < -0.4 is 10.1 Å². The van der Waals surface area contributed by atoms with E-state index < -0.39 is 5.82 Å². The fraction of sp³-hybridized carbons (Fsp3) is 0.462. The van der Waals surface area contributed by atoms with Crippen LogP contribution in [0, 0.1) is 11.7 Å². The first-order valence-electron chi connectivity index (χ1n) is 5.56. The molecule has 0 bridgehead atoms. The monoisotopic (exact) mass is 239 g/mol. The molecule has 1 N–H and O–H groups in total.